The van der Waals surface area contributed by atoms with E-state index in [1.165, 1.54) is 13.0 Å². The summed E-state index contributed by atoms with van der Waals surface area (Å²) in [4.78, 5) is 22.9. The van der Waals surface area contributed by atoms with E-state index in [0.717, 1.165) is 10.9 Å². The van der Waals surface area contributed by atoms with Gasteiger partial charge in [0.2, 0.25) is 0 Å². The predicted octanol–water partition coefficient (Wildman–Crippen LogP) is 2.28. The molecule has 0 bridgehead atoms. The Labute approximate surface area is 110 Å². The van der Waals surface area contributed by atoms with Gasteiger partial charge in [-0.05, 0) is 25.1 Å². The monoisotopic (exact) mass is 261 g/mol. The fourth-order valence-electron chi connectivity index (χ4n) is 1.91. The van der Waals surface area contributed by atoms with Crippen molar-refractivity contribution in [2.24, 2.45) is 7.05 Å². The second-order valence-corrected chi connectivity index (χ2v) is 4.15. The molecule has 0 radical (unpaired) electrons. The van der Waals surface area contributed by atoms with Gasteiger partial charge < -0.3 is 14.0 Å². The highest BCUT2D eigenvalue weighted by Gasteiger charge is 2.14. The van der Waals surface area contributed by atoms with Crippen LogP contribution in [-0.2, 0) is 16.6 Å². The Bertz CT molecular complexity index is 642. The number of esters is 2. The maximum Gasteiger partial charge on any atom is 0.338 e. The lowest BCUT2D eigenvalue weighted by molar-refractivity contribution is -0.131. The number of aryl methyl sites for hydroxylation is 1. The molecule has 1 aromatic heterocycles. The lowest BCUT2D eigenvalue weighted by atomic mass is 10.1. The van der Waals surface area contributed by atoms with Crippen LogP contribution in [-0.4, -0.2) is 23.1 Å². The maximum atomic E-state index is 11.8. The Kier molecular flexibility index (Phi) is 3.55. The summed E-state index contributed by atoms with van der Waals surface area (Å²) in [6, 6.07) is 5.09. The zero-order valence-corrected chi connectivity index (χ0v) is 11.1. The SMILES string of the molecule is CCOC(=O)c1cc(OC(C)=O)c2ccn(C)c2c1. The third kappa shape index (κ3) is 2.59. The van der Waals surface area contributed by atoms with Gasteiger partial charge in [-0.15, -0.1) is 0 Å². The Balaban J connectivity index is 2.57. The number of rotatable bonds is 3. The number of hydrogen-bond donors (Lipinski definition) is 0. The predicted molar refractivity (Wildman–Crippen MR) is 70.2 cm³/mol. The molecule has 0 aliphatic rings. The molecule has 0 saturated carbocycles. The zero-order valence-electron chi connectivity index (χ0n) is 11.1. The van der Waals surface area contributed by atoms with E-state index in [1.54, 1.807) is 13.0 Å². The van der Waals surface area contributed by atoms with Gasteiger partial charge in [0.15, 0.2) is 0 Å². The van der Waals surface area contributed by atoms with Gasteiger partial charge in [-0.1, -0.05) is 0 Å². The Hall–Kier alpha value is -2.30. The van der Waals surface area contributed by atoms with Crippen LogP contribution in [0.1, 0.15) is 24.2 Å². The number of carbonyl (C=O) groups is 2. The fourth-order valence-corrected chi connectivity index (χ4v) is 1.91. The summed E-state index contributed by atoms with van der Waals surface area (Å²) in [6.07, 6.45) is 1.84. The van der Waals surface area contributed by atoms with E-state index in [0.29, 0.717) is 17.9 Å². The van der Waals surface area contributed by atoms with Crippen LogP contribution >= 0.6 is 0 Å². The van der Waals surface area contributed by atoms with Gasteiger partial charge >= 0.3 is 11.9 Å². The van der Waals surface area contributed by atoms with Crippen LogP contribution in [0, 0.1) is 0 Å². The molecule has 0 saturated heterocycles. The average Bonchev–Trinajstić information content (AvgIpc) is 2.71. The van der Waals surface area contributed by atoms with Gasteiger partial charge in [0.1, 0.15) is 5.75 Å². The topological polar surface area (TPSA) is 57.5 Å². The van der Waals surface area contributed by atoms with Crippen LogP contribution in [0.25, 0.3) is 10.9 Å². The second kappa shape index (κ2) is 5.14. The summed E-state index contributed by atoms with van der Waals surface area (Å²) >= 11 is 0. The number of carbonyl (C=O) groups excluding carboxylic acids is 2. The first-order chi connectivity index (χ1) is 9.02. The van der Waals surface area contributed by atoms with E-state index in [9.17, 15) is 9.59 Å². The standard InChI is InChI=1S/C14H15NO4/c1-4-18-14(17)10-7-12-11(5-6-15(12)3)13(8-10)19-9(2)16/h5-8H,4H2,1-3H3. The van der Waals surface area contributed by atoms with Crippen LogP contribution in [0.5, 0.6) is 5.75 Å². The third-order valence-electron chi connectivity index (χ3n) is 2.73. The normalized spacial score (nSPS) is 10.5. The number of aromatic nitrogens is 1. The Morgan fingerprint density at radius 2 is 2.05 bits per heavy atom. The number of benzene rings is 1. The second-order valence-electron chi connectivity index (χ2n) is 4.15. The van der Waals surface area contributed by atoms with Crippen LogP contribution < -0.4 is 4.74 Å². The highest BCUT2D eigenvalue weighted by atomic mass is 16.5. The minimum atomic E-state index is -0.431. The van der Waals surface area contributed by atoms with Crippen LogP contribution in [0.15, 0.2) is 24.4 Å². The molecule has 2 aromatic rings. The van der Waals surface area contributed by atoms with Crippen molar-refractivity contribution in [3.05, 3.63) is 30.0 Å². The van der Waals surface area contributed by atoms with Crippen LogP contribution in [0.4, 0.5) is 0 Å². The number of fused-ring (bicyclic) bond motifs is 1. The van der Waals surface area contributed by atoms with Gasteiger partial charge in [0.25, 0.3) is 0 Å². The number of hydrogen-bond acceptors (Lipinski definition) is 4. The molecule has 5 heteroatoms. The molecule has 0 atom stereocenters. The van der Waals surface area contributed by atoms with Crippen molar-refractivity contribution in [1.29, 1.82) is 0 Å². The molecular weight excluding hydrogens is 246 g/mol. The van der Waals surface area contributed by atoms with Crippen LogP contribution in [0.3, 0.4) is 0 Å². The molecule has 0 spiro atoms. The lowest BCUT2D eigenvalue weighted by Crippen LogP contribution is -2.07. The molecule has 0 fully saturated rings. The highest BCUT2D eigenvalue weighted by Crippen LogP contribution is 2.28. The average molecular weight is 261 g/mol. The lowest BCUT2D eigenvalue weighted by Gasteiger charge is -2.08. The zero-order chi connectivity index (χ0) is 14.0. The Morgan fingerprint density at radius 3 is 2.68 bits per heavy atom. The van der Waals surface area contributed by atoms with Crippen molar-refractivity contribution in [3.63, 3.8) is 0 Å². The molecule has 0 aliphatic heterocycles. The van der Waals surface area contributed by atoms with E-state index >= 15 is 0 Å². The quantitative estimate of drug-likeness (QED) is 0.628. The molecule has 0 amide bonds. The van der Waals surface area contributed by atoms with E-state index in [2.05, 4.69) is 0 Å². The van der Waals surface area contributed by atoms with Crippen LogP contribution in [0.2, 0.25) is 0 Å². The van der Waals surface area contributed by atoms with Crippen molar-refractivity contribution in [2.45, 2.75) is 13.8 Å². The van der Waals surface area contributed by atoms with Gasteiger partial charge in [-0.3, -0.25) is 4.79 Å². The van der Waals surface area contributed by atoms with E-state index in [4.69, 9.17) is 9.47 Å². The largest absolute Gasteiger partial charge is 0.462 e. The smallest absolute Gasteiger partial charge is 0.338 e. The van der Waals surface area contributed by atoms with Crippen molar-refractivity contribution in [3.8, 4) is 5.75 Å². The molecule has 2 rings (SSSR count). The molecule has 19 heavy (non-hydrogen) atoms. The summed E-state index contributed by atoms with van der Waals surface area (Å²) in [7, 11) is 1.86. The molecule has 1 heterocycles. The fraction of sp³-hybridized carbons (Fsp3) is 0.286. The molecule has 5 nitrogen and oxygen atoms in total. The van der Waals surface area contributed by atoms with Crippen molar-refractivity contribution >= 4 is 22.8 Å². The van der Waals surface area contributed by atoms with Gasteiger partial charge in [-0.2, -0.15) is 0 Å². The molecule has 100 valence electrons. The summed E-state index contributed by atoms with van der Waals surface area (Å²) in [5, 5.41) is 0.783. The summed E-state index contributed by atoms with van der Waals surface area (Å²) < 4.78 is 12.0. The first kappa shape index (κ1) is 13.1. The van der Waals surface area contributed by atoms with E-state index in [-0.39, 0.29) is 0 Å². The molecule has 0 unspecified atom stereocenters. The van der Waals surface area contributed by atoms with Crippen molar-refractivity contribution < 1.29 is 19.1 Å². The maximum absolute atomic E-state index is 11.8. The molecule has 0 N–H and O–H groups in total. The van der Waals surface area contributed by atoms with Gasteiger partial charge in [-0.25, -0.2) is 4.79 Å². The first-order valence-corrected chi connectivity index (χ1v) is 5.97. The minimum absolute atomic E-state index is 0.299. The van der Waals surface area contributed by atoms with Gasteiger partial charge in [0, 0.05) is 25.6 Å². The Morgan fingerprint density at radius 1 is 1.32 bits per heavy atom. The van der Waals surface area contributed by atoms with Crippen molar-refractivity contribution in [2.75, 3.05) is 6.61 Å². The van der Waals surface area contributed by atoms with E-state index < -0.39 is 11.9 Å². The summed E-state index contributed by atoms with van der Waals surface area (Å²) in [6.45, 7) is 3.37. The van der Waals surface area contributed by atoms with Gasteiger partial charge in [0.05, 0.1) is 17.7 Å². The number of nitrogens with zero attached hydrogens (tertiary/aromatic N) is 1. The van der Waals surface area contributed by atoms with Crippen molar-refractivity contribution in [1.82, 2.24) is 4.57 Å². The first-order valence-electron chi connectivity index (χ1n) is 5.97. The number of ether oxygens (including phenoxy) is 2. The van der Waals surface area contributed by atoms with E-state index in [1.807, 2.05) is 23.9 Å². The molecule has 1 aromatic carbocycles. The highest BCUT2D eigenvalue weighted by molar-refractivity contribution is 5.98. The molecule has 0 aliphatic carbocycles. The third-order valence-corrected chi connectivity index (χ3v) is 2.73. The summed E-state index contributed by atoms with van der Waals surface area (Å²) in [5.74, 6) is -0.487. The molecular formula is C14H15NO4. The minimum Gasteiger partial charge on any atom is -0.462 e. The summed E-state index contributed by atoms with van der Waals surface area (Å²) in [5.41, 5.74) is 1.18.